The molecule has 1 heterocycles. The maximum absolute atomic E-state index is 14.8. The van der Waals surface area contributed by atoms with E-state index in [0.717, 1.165) is 0 Å². The molecule has 12 heteroatoms. The van der Waals surface area contributed by atoms with Crippen LogP contribution in [0.5, 0.6) is 0 Å². The fourth-order valence-corrected chi connectivity index (χ4v) is 9.48. The van der Waals surface area contributed by atoms with Gasteiger partial charge < -0.3 is 34.7 Å². The van der Waals surface area contributed by atoms with Crippen molar-refractivity contribution in [2.75, 3.05) is 13.1 Å². The molecule has 11 nitrogen and oxygen atoms in total. The molecular weight excluding hydrogens is 593 g/mol. The van der Waals surface area contributed by atoms with Crippen LogP contribution in [0, 0.1) is 28.1 Å². The van der Waals surface area contributed by atoms with Gasteiger partial charge in [0, 0.05) is 30.6 Å². The van der Waals surface area contributed by atoms with E-state index in [2.05, 4.69) is 0 Å². The summed E-state index contributed by atoms with van der Waals surface area (Å²) in [5, 5.41) is 45.0. The minimum atomic E-state index is -1.66. The van der Waals surface area contributed by atoms with Crippen LogP contribution in [0.3, 0.4) is 0 Å². The molecule has 0 spiro atoms. The molecule has 1 saturated heterocycles. The van der Waals surface area contributed by atoms with Crippen LogP contribution in [0.1, 0.15) is 72.7 Å². The molecule has 5 N–H and O–H groups in total. The van der Waals surface area contributed by atoms with Gasteiger partial charge in [0.05, 0.1) is 29.8 Å². The molecule has 46 heavy (non-hydrogen) atoms. The first-order chi connectivity index (χ1) is 21.5. The van der Waals surface area contributed by atoms with E-state index >= 15 is 0 Å². The van der Waals surface area contributed by atoms with Gasteiger partial charge in [-0.05, 0) is 54.7 Å². The number of rotatable bonds is 8. The average Bonchev–Trinajstić information content (AvgIpc) is 3.00. The van der Waals surface area contributed by atoms with Crippen LogP contribution < -0.4 is 5.48 Å². The second-order valence-corrected chi connectivity index (χ2v) is 14.7. The van der Waals surface area contributed by atoms with Crippen molar-refractivity contribution < 1.29 is 49.1 Å². The largest absolute Gasteiger partial charge is 0.456 e. The van der Waals surface area contributed by atoms with Crippen molar-refractivity contribution in [1.29, 1.82) is 0 Å². The van der Waals surface area contributed by atoms with Crippen LogP contribution in [0.2, 0.25) is 0 Å². The fraction of sp³-hybridized carbons (Fsp3) is 0.676. The Hall–Kier alpha value is -2.61. The van der Waals surface area contributed by atoms with E-state index < -0.39 is 81.6 Å². The number of ether oxygens (including phenoxy) is 3. The molecule has 5 rings (SSSR count). The van der Waals surface area contributed by atoms with Crippen LogP contribution >= 0.6 is 0 Å². The van der Waals surface area contributed by atoms with Crippen molar-refractivity contribution in [1.82, 2.24) is 5.48 Å². The maximum atomic E-state index is 14.8. The first kappa shape index (κ1) is 34.7. The lowest BCUT2D eigenvalue weighted by atomic mass is 9.40. The zero-order chi connectivity index (χ0) is 34.0. The molecule has 1 aromatic rings. The predicted molar refractivity (Wildman–Crippen MR) is 166 cm³/mol. The number of nitrogens with one attached hydrogen (secondary N) is 1. The SMILES string of the molecule is CC(=O)O[C@H]1C(=O)[C@@]2(C)[C@H]([C@H](C)[C@]3(O)C[C@H](OC(=O)[C@H](O)[C@@H]([B]CNO)c4ccccc4)C(C)=C1C3(C)C)[C@]1(C)CO[C@@H]1C[C@@H]2O. The molecule has 1 radical (unpaired) electrons. The molecule has 11 atom stereocenters. The summed E-state index contributed by atoms with van der Waals surface area (Å²) in [5.41, 5.74) is -1.31. The van der Waals surface area contributed by atoms with Crippen molar-refractivity contribution in [3.63, 3.8) is 0 Å². The van der Waals surface area contributed by atoms with E-state index in [4.69, 9.17) is 14.2 Å². The Morgan fingerprint density at radius 3 is 2.37 bits per heavy atom. The minimum Gasteiger partial charge on any atom is -0.456 e. The Morgan fingerprint density at radius 1 is 1.15 bits per heavy atom. The molecule has 0 aromatic heterocycles. The summed E-state index contributed by atoms with van der Waals surface area (Å²) in [5.74, 6) is -4.15. The summed E-state index contributed by atoms with van der Waals surface area (Å²) in [4.78, 5) is 41.1. The molecule has 0 unspecified atom stereocenters. The smallest absolute Gasteiger partial charge is 0.335 e. The topological polar surface area (TPSA) is 172 Å². The van der Waals surface area contributed by atoms with Crippen LogP contribution in [0.15, 0.2) is 41.5 Å². The number of aliphatic hydroxyl groups excluding tert-OH is 2. The van der Waals surface area contributed by atoms with Crippen molar-refractivity contribution >= 4 is 25.0 Å². The van der Waals surface area contributed by atoms with Gasteiger partial charge >= 0.3 is 11.9 Å². The highest BCUT2D eigenvalue weighted by Gasteiger charge is 2.73. The number of Topliss-reactive ketones (excluding diaryl/α,β-unsaturated/α-hetero) is 1. The summed E-state index contributed by atoms with van der Waals surface area (Å²) in [6, 6.07) is 8.83. The lowest BCUT2D eigenvalue weighted by Crippen LogP contribution is -2.75. The standard InChI is InChI=1S/C34H47BNO10/c1-17-21(46-30(41)26(39)25(35-16-36-43)20-11-9-8-10-12-20)14-34(42)18(2)28-32(6)15-44-23(32)13-22(38)33(28,7)29(40)27(45-19(3)37)24(17)31(34,4)5/h8-12,18,21-23,25-28,36,38-39,42-43H,13-16H2,1-7H3/t18-,21-,22-,23+,25-,26+,27+,28+,32+,33+,34+/m0/s1. The Morgan fingerprint density at radius 2 is 1.80 bits per heavy atom. The zero-order valence-corrected chi connectivity index (χ0v) is 27.6. The van der Waals surface area contributed by atoms with Gasteiger partial charge in [-0.2, -0.15) is 0 Å². The van der Waals surface area contributed by atoms with Gasteiger partial charge in [-0.15, -0.1) is 0 Å². The van der Waals surface area contributed by atoms with Crippen molar-refractivity contribution in [3.05, 3.63) is 47.0 Å². The number of carbonyl (C=O) groups excluding carboxylic acids is 3. The van der Waals surface area contributed by atoms with Gasteiger partial charge in [0.1, 0.15) is 13.4 Å². The Balaban J connectivity index is 1.61. The van der Waals surface area contributed by atoms with Crippen LogP contribution in [0.25, 0.3) is 0 Å². The highest BCUT2D eigenvalue weighted by atomic mass is 16.6. The third-order valence-corrected chi connectivity index (χ3v) is 12.0. The lowest BCUT2D eigenvalue weighted by molar-refractivity contribution is -0.302. The summed E-state index contributed by atoms with van der Waals surface area (Å²) in [6.45, 7) is 12.4. The van der Waals surface area contributed by atoms with Crippen LogP contribution in [-0.2, 0) is 28.6 Å². The average molecular weight is 641 g/mol. The Bertz CT molecular complexity index is 1400. The van der Waals surface area contributed by atoms with Gasteiger partial charge in [-0.1, -0.05) is 58.0 Å². The number of esters is 2. The van der Waals surface area contributed by atoms with E-state index in [1.54, 1.807) is 65.3 Å². The van der Waals surface area contributed by atoms with Gasteiger partial charge in [-0.25, -0.2) is 10.3 Å². The molecule has 251 valence electrons. The third-order valence-electron chi connectivity index (χ3n) is 12.0. The van der Waals surface area contributed by atoms with Crippen molar-refractivity contribution in [2.24, 2.45) is 28.1 Å². The van der Waals surface area contributed by atoms with Gasteiger partial charge in [0.25, 0.3) is 0 Å². The second-order valence-electron chi connectivity index (χ2n) is 14.7. The molecule has 2 saturated carbocycles. The summed E-state index contributed by atoms with van der Waals surface area (Å²) in [6.07, 6.45) is -5.46. The van der Waals surface area contributed by atoms with E-state index in [1.807, 2.05) is 19.3 Å². The summed E-state index contributed by atoms with van der Waals surface area (Å²) in [7, 11) is 1.55. The number of ketones is 1. The molecule has 4 aliphatic rings. The molecule has 3 aliphatic carbocycles. The van der Waals surface area contributed by atoms with Crippen molar-refractivity contribution in [3.8, 4) is 0 Å². The number of aliphatic hydroxyl groups is 3. The second kappa shape index (κ2) is 12.1. The summed E-state index contributed by atoms with van der Waals surface area (Å²) >= 11 is 0. The monoisotopic (exact) mass is 640 g/mol. The Kier molecular flexibility index (Phi) is 9.15. The zero-order valence-electron chi connectivity index (χ0n) is 27.6. The highest BCUT2D eigenvalue weighted by Crippen LogP contribution is 2.67. The molecule has 0 amide bonds. The molecule has 2 bridgehead atoms. The number of carbonyl (C=O) groups is 3. The van der Waals surface area contributed by atoms with Crippen molar-refractivity contribution in [2.45, 2.75) is 103 Å². The number of hydrogen-bond acceptors (Lipinski definition) is 11. The quantitative estimate of drug-likeness (QED) is 0.122. The number of fused-ring (bicyclic) bond motifs is 5. The van der Waals surface area contributed by atoms with Gasteiger partial charge in [0.2, 0.25) is 0 Å². The molecule has 3 fully saturated rings. The number of benzene rings is 1. The number of hydroxylamine groups is 1. The summed E-state index contributed by atoms with van der Waals surface area (Å²) < 4.78 is 17.7. The maximum Gasteiger partial charge on any atom is 0.335 e. The van der Waals surface area contributed by atoms with E-state index in [1.165, 1.54) is 6.92 Å². The molecular formula is C34H47BNO10. The van der Waals surface area contributed by atoms with Crippen LogP contribution in [0.4, 0.5) is 0 Å². The van der Waals surface area contributed by atoms with Gasteiger partial charge in [-0.3, -0.25) is 9.59 Å². The van der Waals surface area contributed by atoms with E-state index in [0.29, 0.717) is 23.3 Å². The molecule has 1 aromatic carbocycles. The van der Waals surface area contributed by atoms with Crippen LogP contribution in [-0.4, -0.2) is 94.7 Å². The van der Waals surface area contributed by atoms with Gasteiger partial charge in [0.15, 0.2) is 18.0 Å². The first-order valence-corrected chi connectivity index (χ1v) is 16.0. The highest BCUT2D eigenvalue weighted by molar-refractivity contribution is 6.39. The van der Waals surface area contributed by atoms with E-state index in [-0.39, 0.29) is 25.4 Å². The fourth-order valence-electron chi connectivity index (χ4n) is 9.48. The van der Waals surface area contributed by atoms with E-state index in [9.17, 15) is 34.9 Å². The number of hydrogen-bond donors (Lipinski definition) is 5. The molecule has 1 aliphatic heterocycles. The lowest BCUT2D eigenvalue weighted by Gasteiger charge is -2.68. The Labute approximate surface area is 270 Å². The predicted octanol–water partition coefficient (Wildman–Crippen LogP) is 2.06. The normalized spacial score (nSPS) is 39.4. The first-order valence-electron chi connectivity index (χ1n) is 16.0. The third kappa shape index (κ3) is 5.07. The minimum absolute atomic E-state index is 0.0104.